The number of methoxy groups -OCH3 is 1. The van der Waals surface area contributed by atoms with E-state index in [4.69, 9.17) is 19.3 Å². The van der Waals surface area contributed by atoms with Crippen molar-refractivity contribution < 1.29 is 24.1 Å². The van der Waals surface area contributed by atoms with Crippen LogP contribution in [-0.2, 0) is 9.53 Å². The van der Waals surface area contributed by atoms with Crippen LogP contribution in [-0.4, -0.2) is 38.0 Å². The summed E-state index contributed by atoms with van der Waals surface area (Å²) < 4.78 is 16.1. The topological polar surface area (TPSA) is 65.0 Å². The van der Waals surface area contributed by atoms with Crippen LogP contribution in [0.1, 0.15) is 11.1 Å². The smallest absolute Gasteiger partial charge is 0.328 e. The Morgan fingerprint density at radius 3 is 2.58 bits per heavy atom. The molecule has 1 heterocycles. The number of carboxylic acid groups (broad SMARTS) is 1. The molecule has 1 aliphatic heterocycles. The van der Waals surface area contributed by atoms with Gasteiger partial charge in [-0.2, -0.15) is 0 Å². The lowest BCUT2D eigenvalue weighted by atomic mass is 9.99. The predicted molar refractivity (Wildman–Crippen MR) is 69.7 cm³/mol. The molecule has 5 heteroatoms. The number of carbonyl (C=O) groups is 1. The highest BCUT2D eigenvalue weighted by atomic mass is 16.6. The van der Waals surface area contributed by atoms with Crippen LogP contribution in [0.4, 0.5) is 0 Å². The van der Waals surface area contributed by atoms with Crippen LogP contribution < -0.4 is 9.47 Å². The largest absolute Gasteiger partial charge is 0.486 e. The van der Waals surface area contributed by atoms with Crippen LogP contribution in [0.5, 0.6) is 11.5 Å². The Bertz CT molecular complexity index is 519. The fraction of sp³-hybridized carbons (Fsp3) is 0.357. The Morgan fingerprint density at radius 2 is 2.00 bits per heavy atom. The van der Waals surface area contributed by atoms with E-state index in [2.05, 4.69) is 0 Å². The average Bonchev–Trinajstić information content (AvgIpc) is 2.37. The molecule has 0 saturated heterocycles. The first-order chi connectivity index (χ1) is 9.11. The summed E-state index contributed by atoms with van der Waals surface area (Å²) in [5, 5.41) is 8.91. The standard InChI is InChI=1S/C14H16O5/c1-9-5-12-13(19-4-3-18-12)7-11(9)10(8-17-2)6-14(15)16/h5-7H,3-4,8H2,1-2H3,(H,15,16)/b10-6+. The second-order valence-corrected chi connectivity index (χ2v) is 4.25. The van der Waals surface area contributed by atoms with Gasteiger partial charge >= 0.3 is 5.97 Å². The number of hydrogen-bond acceptors (Lipinski definition) is 4. The fourth-order valence-corrected chi connectivity index (χ4v) is 2.04. The third-order valence-corrected chi connectivity index (χ3v) is 2.83. The molecule has 2 rings (SSSR count). The first-order valence-corrected chi connectivity index (χ1v) is 5.95. The van der Waals surface area contributed by atoms with Gasteiger partial charge < -0.3 is 19.3 Å². The van der Waals surface area contributed by atoms with Crippen molar-refractivity contribution in [1.29, 1.82) is 0 Å². The first-order valence-electron chi connectivity index (χ1n) is 5.95. The van der Waals surface area contributed by atoms with Crippen molar-refractivity contribution in [3.63, 3.8) is 0 Å². The zero-order valence-corrected chi connectivity index (χ0v) is 10.9. The summed E-state index contributed by atoms with van der Waals surface area (Å²) in [4.78, 5) is 10.9. The highest BCUT2D eigenvalue weighted by Gasteiger charge is 2.16. The highest BCUT2D eigenvalue weighted by Crippen LogP contribution is 2.35. The Hall–Kier alpha value is -2.01. The molecule has 0 spiro atoms. The molecular weight excluding hydrogens is 248 g/mol. The van der Waals surface area contributed by atoms with E-state index in [1.54, 1.807) is 6.07 Å². The molecule has 19 heavy (non-hydrogen) atoms. The molecule has 1 aromatic carbocycles. The van der Waals surface area contributed by atoms with Crippen LogP contribution in [0.3, 0.4) is 0 Å². The highest BCUT2D eigenvalue weighted by molar-refractivity contribution is 5.91. The quantitative estimate of drug-likeness (QED) is 0.841. The van der Waals surface area contributed by atoms with Crippen LogP contribution in [0.15, 0.2) is 18.2 Å². The molecule has 0 bridgehead atoms. The van der Waals surface area contributed by atoms with E-state index >= 15 is 0 Å². The maximum Gasteiger partial charge on any atom is 0.328 e. The molecule has 0 atom stereocenters. The van der Waals surface area contributed by atoms with E-state index in [0.29, 0.717) is 30.3 Å². The van der Waals surface area contributed by atoms with E-state index in [1.165, 1.54) is 7.11 Å². The number of fused-ring (bicyclic) bond motifs is 1. The van der Waals surface area contributed by atoms with Crippen molar-refractivity contribution in [2.24, 2.45) is 0 Å². The minimum atomic E-state index is -0.999. The lowest BCUT2D eigenvalue weighted by molar-refractivity contribution is -0.131. The summed E-state index contributed by atoms with van der Waals surface area (Å²) >= 11 is 0. The van der Waals surface area contributed by atoms with Crippen molar-refractivity contribution in [2.75, 3.05) is 26.9 Å². The van der Waals surface area contributed by atoms with Gasteiger partial charge in [0, 0.05) is 13.2 Å². The molecule has 0 radical (unpaired) electrons. The van der Waals surface area contributed by atoms with Crippen LogP contribution in [0.2, 0.25) is 0 Å². The summed E-state index contributed by atoms with van der Waals surface area (Å²) in [7, 11) is 1.53. The van der Waals surface area contributed by atoms with E-state index in [9.17, 15) is 4.79 Å². The number of carboxylic acids is 1. The van der Waals surface area contributed by atoms with Gasteiger partial charge in [0.1, 0.15) is 13.2 Å². The molecule has 0 unspecified atom stereocenters. The zero-order chi connectivity index (χ0) is 13.8. The SMILES string of the molecule is COC/C(=C\C(=O)O)c1cc2c(cc1C)OCCO2. The number of benzene rings is 1. The van der Waals surface area contributed by atoms with Crippen molar-refractivity contribution in [3.8, 4) is 11.5 Å². The van der Waals surface area contributed by atoms with E-state index in [-0.39, 0.29) is 6.61 Å². The molecule has 0 saturated carbocycles. The first kappa shape index (κ1) is 13.4. The lowest BCUT2D eigenvalue weighted by Crippen LogP contribution is -2.16. The average molecular weight is 264 g/mol. The monoisotopic (exact) mass is 264 g/mol. The van der Waals surface area contributed by atoms with E-state index in [0.717, 1.165) is 17.2 Å². The molecule has 0 aromatic heterocycles. The summed E-state index contributed by atoms with van der Waals surface area (Å²) in [6.45, 7) is 3.16. The number of rotatable bonds is 4. The van der Waals surface area contributed by atoms with Gasteiger partial charge in [0.2, 0.25) is 0 Å². The molecule has 1 aliphatic rings. The molecule has 5 nitrogen and oxygen atoms in total. The van der Waals surface area contributed by atoms with Gasteiger partial charge in [-0.25, -0.2) is 4.79 Å². The lowest BCUT2D eigenvalue weighted by Gasteiger charge is -2.21. The fourth-order valence-electron chi connectivity index (χ4n) is 2.04. The molecule has 1 N–H and O–H groups in total. The number of aliphatic carboxylic acids is 1. The Labute approximate surface area is 111 Å². The number of hydrogen-bond donors (Lipinski definition) is 1. The molecular formula is C14H16O5. The van der Waals surface area contributed by atoms with Gasteiger partial charge in [0.25, 0.3) is 0 Å². The van der Waals surface area contributed by atoms with Gasteiger partial charge in [-0.3, -0.25) is 0 Å². The zero-order valence-electron chi connectivity index (χ0n) is 10.9. The van der Waals surface area contributed by atoms with Crippen LogP contribution in [0.25, 0.3) is 5.57 Å². The van der Waals surface area contributed by atoms with Crippen LogP contribution in [0, 0.1) is 6.92 Å². The molecule has 0 amide bonds. The Morgan fingerprint density at radius 1 is 1.37 bits per heavy atom. The minimum absolute atomic E-state index is 0.229. The summed E-state index contributed by atoms with van der Waals surface area (Å²) in [6, 6.07) is 3.66. The molecule has 1 aromatic rings. The van der Waals surface area contributed by atoms with Gasteiger partial charge in [-0.05, 0) is 35.8 Å². The second kappa shape index (κ2) is 5.75. The maximum absolute atomic E-state index is 10.9. The van der Waals surface area contributed by atoms with Gasteiger partial charge in [0.15, 0.2) is 11.5 Å². The van der Waals surface area contributed by atoms with E-state index in [1.807, 2.05) is 13.0 Å². The van der Waals surface area contributed by atoms with E-state index < -0.39 is 5.97 Å². The second-order valence-electron chi connectivity index (χ2n) is 4.25. The Kier molecular flexibility index (Phi) is 4.06. The number of ether oxygens (including phenoxy) is 3. The minimum Gasteiger partial charge on any atom is -0.486 e. The molecule has 0 aliphatic carbocycles. The summed E-state index contributed by atoms with van der Waals surface area (Å²) in [5.74, 6) is 0.333. The van der Waals surface area contributed by atoms with Crippen molar-refractivity contribution >= 4 is 11.5 Å². The third kappa shape index (κ3) is 3.06. The third-order valence-electron chi connectivity index (χ3n) is 2.83. The van der Waals surface area contributed by atoms with Crippen molar-refractivity contribution in [3.05, 3.63) is 29.3 Å². The van der Waals surface area contributed by atoms with Crippen LogP contribution >= 0.6 is 0 Å². The van der Waals surface area contributed by atoms with Gasteiger partial charge in [-0.1, -0.05) is 0 Å². The van der Waals surface area contributed by atoms with Gasteiger partial charge in [-0.15, -0.1) is 0 Å². The Balaban J connectivity index is 2.44. The summed E-state index contributed by atoms with van der Waals surface area (Å²) in [6.07, 6.45) is 1.15. The predicted octanol–water partition coefficient (Wildman–Crippen LogP) is 1.88. The van der Waals surface area contributed by atoms with Crippen molar-refractivity contribution in [1.82, 2.24) is 0 Å². The molecule has 0 fully saturated rings. The number of aryl methyl sites for hydroxylation is 1. The molecule has 102 valence electrons. The van der Waals surface area contributed by atoms with Gasteiger partial charge in [0.05, 0.1) is 6.61 Å². The van der Waals surface area contributed by atoms with Crippen molar-refractivity contribution in [2.45, 2.75) is 6.92 Å². The normalized spacial score (nSPS) is 14.3. The maximum atomic E-state index is 10.9. The summed E-state index contributed by atoms with van der Waals surface area (Å²) in [5.41, 5.74) is 2.33.